The summed E-state index contributed by atoms with van der Waals surface area (Å²) in [5.74, 6) is -0.0200. The van der Waals surface area contributed by atoms with Gasteiger partial charge in [0.1, 0.15) is 18.3 Å². The number of carbonyl (C=O) groups is 1. The van der Waals surface area contributed by atoms with Gasteiger partial charge in [-0.3, -0.25) is 5.32 Å². The van der Waals surface area contributed by atoms with Gasteiger partial charge < -0.3 is 9.57 Å². The summed E-state index contributed by atoms with van der Waals surface area (Å²) in [6.07, 6.45) is -3.58. The van der Waals surface area contributed by atoms with Crippen LogP contribution in [0.3, 0.4) is 0 Å². The van der Waals surface area contributed by atoms with Crippen molar-refractivity contribution in [2.75, 3.05) is 5.32 Å². The second-order valence-electron chi connectivity index (χ2n) is 7.60. The molecule has 1 aromatic heterocycles. The van der Waals surface area contributed by atoms with Crippen LogP contribution in [0, 0.1) is 6.92 Å². The molecule has 0 aliphatic carbocycles. The van der Waals surface area contributed by atoms with Crippen LogP contribution in [0.1, 0.15) is 38.3 Å². The van der Waals surface area contributed by atoms with E-state index in [4.69, 9.17) is 9.57 Å². The molecule has 0 radical (unpaired) electrons. The molecule has 1 unspecified atom stereocenters. The largest absolute Gasteiger partial charge is 0.444 e. The Kier molecular flexibility index (Phi) is 5.01. The molecule has 1 aromatic carbocycles. The standard InChI is InChI=1S/C18H20F3N5O3/c1-11-7-12(5-6-13(11)24-15(27)28-16(2,3)4)17(18(19,20)21)8-14(25-29-17)26-10-22-9-23-26/h5-7,9-10H,8H2,1-4H3,(H,24,27). The Morgan fingerprint density at radius 3 is 2.59 bits per heavy atom. The molecule has 8 nitrogen and oxygen atoms in total. The highest BCUT2D eigenvalue weighted by Gasteiger charge is 2.62. The second-order valence-corrected chi connectivity index (χ2v) is 7.60. The molecule has 2 aromatic rings. The summed E-state index contributed by atoms with van der Waals surface area (Å²) in [5, 5.41) is 9.91. The van der Waals surface area contributed by atoms with E-state index >= 15 is 0 Å². The van der Waals surface area contributed by atoms with Gasteiger partial charge in [-0.15, -0.1) is 0 Å². The third kappa shape index (κ3) is 4.17. The molecule has 1 atom stereocenters. The van der Waals surface area contributed by atoms with Gasteiger partial charge in [-0.05, 0) is 45.4 Å². The molecule has 0 saturated carbocycles. The van der Waals surface area contributed by atoms with Gasteiger partial charge >= 0.3 is 12.3 Å². The Morgan fingerprint density at radius 2 is 2.03 bits per heavy atom. The number of rotatable bonds is 2. The van der Waals surface area contributed by atoms with E-state index < -0.39 is 29.9 Å². The first-order chi connectivity index (χ1) is 13.4. The monoisotopic (exact) mass is 411 g/mol. The number of halogens is 3. The van der Waals surface area contributed by atoms with Gasteiger partial charge in [0.2, 0.25) is 0 Å². The number of nitrogens with one attached hydrogen (secondary N) is 1. The van der Waals surface area contributed by atoms with E-state index in [0.717, 1.165) is 4.68 Å². The number of oxime groups is 1. The Labute approximate surface area is 164 Å². The lowest BCUT2D eigenvalue weighted by Gasteiger charge is -2.30. The fourth-order valence-electron chi connectivity index (χ4n) is 2.82. The molecule has 156 valence electrons. The zero-order chi connectivity index (χ0) is 21.4. The van der Waals surface area contributed by atoms with Crippen molar-refractivity contribution in [2.24, 2.45) is 5.16 Å². The highest BCUT2D eigenvalue weighted by atomic mass is 19.4. The summed E-state index contributed by atoms with van der Waals surface area (Å²) >= 11 is 0. The van der Waals surface area contributed by atoms with Crippen molar-refractivity contribution in [3.8, 4) is 0 Å². The molecular weight excluding hydrogens is 391 g/mol. The number of ether oxygens (including phenoxy) is 1. The summed E-state index contributed by atoms with van der Waals surface area (Å²) in [6, 6.07) is 3.92. The first-order valence-corrected chi connectivity index (χ1v) is 8.69. The average Bonchev–Trinajstić information content (AvgIpc) is 3.23. The minimum Gasteiger partial charge on any atom is -0.444 e. The lowest BCUT2D eigenvalue weighted by atomic mass is 9.88. The average molecular weight is 411 g/mol. The van der Waals surface area contributed by atoms with Crippen LogP contribution in [0.15, 0.2) is 36.0 Å². The SMILES string of the molecule is Cc1cc(C2(C(F)(F)F)CC(n3cncn3)=NO2)ccc1NC(=O)OC(C)(C)C. The van der Waals surface area contributed by atoms with E-state index in [1.54, 1.807) is 27.7 Å². The zero-order valence-corrected chi connectivity index (χ0v) is 16.2. The van der Waals surface area contributed by atoms with Gasteiger partial charge in [0, 0.05) is 11.3 Å². The Balaban J connectivity index is 1.87. The molecule has 2 heterocycles. The van der Waals surface area contributed by atoms with Crippen molar-refractivity contribution < 1.29 is 27.5 Å². The first kappa shape index (κ1) is 20.6. The lowest BCUT2D eigenvalue weighted by Crippen LogP contribution is -2.43. The van der Waals surface area contributed by atoms with Gasteiger partial charge in [-0.2, -0.15) is 18.3 Å². The molecule has 1 amide bonds. The van der Waals surface area contributed by atoms with Gasteiger partial charge in [0.25, 0.3) is 5.60 Å². The van der Waals surface area contributed by atoms with E-state index in [9.17, 15) is 18.0 Å². The van der Waals surface area contributed by atoms with Crippen molar-refractivity contribution >= 4 is 17.6 Å². The topological polar surface area (TPSA) is 90.6 Å². The zero-order valence-electron chi connectivity index (χ0n) is 16.2. The number of nitrogens with zero attached hydrogens (tertiary/aromatic N) is 4. The molecule has 1 aliphatic rings. The van der Waals surface area contributed by atoms with Gasteiger partial charge in [-0.1, -0.05) is 11.2 Å². The normalized spacial score (nSPS) is 19.5. The van der Waals surface area contributed by atoms with Crippen molar-refractivity contribution in [2.45, 2.75) is 51.5 Å². The van der Waals surface area contributed by atoms with E-state index in [1.807, 2.05) is 0 Å². The maximum atomic E-state index is 14.0. The molecule has 3 rings (SSSR count). The first-order valence-electron chi connectivity index (χ1n) is 8.69. The van der Waals surface area contributed by atoms with Crippen LogP contribution in [0.25, 0.3) is 0 Å². The van der Waals surface area contributed by atoms with E-state index in [1.165, 1.54) is 30.9 Å². The number of amides is 1. The summed E-state index contributed by atoms with van der Waals surface area (Å²) in [6.45, 7) is 6.70. The van der Waals surface area contributed by atoms with Crippen LogP contribution in [0.4, 0.5) is 23.7 Å². The molecule has 1 aliphatic heterocycles. The van der Waals surface area contributed by atoms with Crippen molar-refractivity contribution in [3.63, 3.8) is 0 Å². The fourth-order valence-corrected chi connectivity index (χ4v) is 2.82. The molecule has 0 bridgehead atoms. The highest BCUT2D eigenvalue weighted by molar-refractivity contribution is 5.87. The smallest absolute Gasteiger partial charge is 0.435 e. The molecule has 29 heavy (non-hydrogen) atoms. The molecule has 1 N–H and O–H groups in total. The van der Waals surface area contributed by atoms with Crippen LogP contribution in [0.2, 0.25) is 0 Å². The summed E-state index contributed by atoms with van der Waals surface area (Å²) in [4.78, 5) is 20.6. The number of anilines is 1. The number of aromatic nitrogens is 3. The predicted octanol–water partition coefficient (Wildman–Crippen LogP) is 3.97. The molecule has 0 saturated heterocycles. The summed E-state index contributed by atoms with van der Waals surface area (Å²) in [7, 11) is 0. The van der Waals surface area contributed by atoms with Crippen LogP contribution in [-0.2, 0) is 15.2 Å². The van der Waals surface area contributed by atoms with Crippen LogP contribution in [0.5, 0.6) is 0 Å². The molecule has 11 heteroatoms. The van der Waals surface area contributed by atoms with Crippen LogP contribution >= 0.6 is 0 Å². The molecular formula is C18H20F3N5O3. The minimum atomic E-state index is -4.74. The summed E-state index contributed by atoms with van der Waals surface area (Å²) in [5.41, 5.74) is -2.77. The fraction of sp³-hybridized carbons (Fsp3) is 0.444. The van der Waals surface area contributed by atoms with E-state index in [-0.39, 0.29) is 11.4 Å². The quantitative estimate of drug-likeness (QED) is 0.808. The Hall–Kier alpha value is -3.11. The maximum Gasteiger partial charge on any atom is 0.435 e. The molecule has 0 fully saturated rings. The third-order valence-electron chi connectivity index (χ3n) is 4.18. The molecule has 0 spiro atoms. The van der Waals surface area contributed by atoms with Gasteiger partial charge in [0.15, 0.2) is 5.84 Å². The van der Waals surface area contributed by atoms with E-state index in [2.05, 4.69) is 20.6 Å². The Morgan fingerprint density at radius 1 is 1.31 bits per heavy atom. The van der Waals surface area contributed by atoms with Crippen molar-refractivity contribution in [3.05, 3.63) is 42.0 Å². The minimum absolute atomic E-state index is 0.0200. The second kappa shape index (κ2) is 7.05. The summed E-state index contributed by atoms with van der Waals surface area (Å²) < 4.78 is 48.3. The Bertz CT molecular complexity index is 935. The third-order valence-corrected chi connectivity index (χ3v) is 4.18. The number of carbonyl (C=O) groups excluding carboxylic acids is 1. The predicted molar refractivity (Wildman–Crippen MR) is 97.3 cm³/mol. The maximum absolute atomic E-state index is 14.0. The highest BCUT2D eigenvalue weighted by Crippen LogP contribution is 2.48. The van der Waals surface area contributed by atoms with Crippen molar-refractivity contribution in [1.82, 2.24) is 14.8 Å². The number of hydrogen-bond donors (Lipinski definition) is 1. The number of aryl methyl sites for hydroxylation is 1. The van der Waals surface area contributed by atoms with Crippen LogP contribution < -0.4 is 5.32 Å². The van der Waals surface area contributed by atoms with Crippen molar-refractivity contribution in [1.29, 1.82) is 0 Å². The van der Waals surface area contributed by atoms with Gasteiger partial charge in [0.05, 0.1) is 6.42 Å². The number of alkyl halides is 3. The van der Waals surface area contributed by atoms with Crippen LogP contribution in [-0.4, -0.2) is 38.5 Å². The lowest BCUT2D eigenvalue weighted by molar-refractivity contribution is -0.275. The number of benzene rings is 1. The van der Waals surface area contributed by atoms with Gasteiger partial charge in [-0.25, -0.2) is 14.5 Å². The van der Waals surface area contributed by atoms with E-state index in [0.29, 0.717) is 11.3 Å². The number of hydrogen-bond acceptors (Lipinski definition) is 6.